The molecule has 3 heterocycles. The molecule has 0 radical (unpaired) electrons. The van der Waals surface area contributed by atoms with E-state index in [2.05, 4.69) is 47.3 Å². The Labute approximate surface area is 159 Å². The summed E-state index contributed by atoms with van der Waals surface area (Å²) in [6.45, 7) is 6.72. The Bertz CT molecular complexity index is 793. The molecule has 2 aromatic rings. The van der Waals surface area contributed by atoms with Crippen molar-refractivity contribution in [1.29, 1.82) is 0 Å². The van der Waals surface area contributed by atoms with E-state index in [0.29, 0.717) is 5.92 Å². The number of hydrogen-bond acceptors (Lipinski definition) is 4. The van der Waals surface area contributed by atoms with Crippen LogP contribution in [0.3, 0.4) is 0 Å². The van der Waals surface area contributed by atoms with Crippen molar-refractivity contribution in [2.24, 2.45) is 0 Å². The van der Waals surface area contributed by atoms with Crippen molar-refractivity contribution in [1.82, 2.24) is 14.8 Å². The van der Waals surface area contributed by atoms with Crippen molar-refractivity contribution < 1.29 is 4.79 Å². The van der Waals surface area contributed by atoms with Gasteiger partial charge < -0.3 is 4.90 Å². The van der Waals surface area contributed by atoms with Crippen LogP contribution in [0.4, 0.5) is 0 Å². The second-order valence-corrected chi connectivity index (χ2v) is 9.06. The van der Waals surface area contributed by atoms with E-state index in [1.165, 1.54) is 23.3 Å². The van der Waals surface area contributed by atoms with Crippen LogP contribution in [0, 0.1) is 13.8 Å². The topological polar surface area (TPSA) is 36.4 Å². The number of thiazole rings is 1. The summed E-state index contributed by atoms with van der Waals surface area (Å²) in [4.78, 5) is 22.7. The van der Waals surface area contributed by atoms with Crippen LogP contribution in [0.25, 0.3) is 0 Å². The fourth-order valence-corrected chi connectivity index (χ4v) is 5.62. The Balaban J connectivity index is 1.44. The minimum Gasteiger partial charge on any atom is -0.338 e. The van der Waals surface area contributed by atoms with Gasteiger partial charge in [0.25, 0.3) is 5.91 Å². The zero-order chi connectivity index (χ0) is 18.3. The predicted molar refractivity (Wildman–Crippen MR) is 106 cm³/mol. The van der Waals surface area contributed by atoms with Crippen molar-refractivity contribution in [2.45, 2.75) is 44.6 Å². The third kappa shape index (κ3) is 3.08. The molecule has 2 aliphatic rings. The van der Waals surface area contributed by atoms with Crippen LogP contribution < -0.4 is 0 Å². The Morgan fingerprint density at radius 3 is 2.50 bits per heavy atom. The standard InChI is InChI=1S/C21H27N3OS/c1-15-19(26-16(2)22-15)20(25)24-11-9-21(10-12-24)13-18(14-23(21)3)17-7-5-4-6-8-17/h4-8,18H,9-14H2,1-3H3/t18-/m0/s1. The number of likely N-dealkylation sites (N-methyl/N-ethyl adjacent to an activating group) is 1. The average molecular weight is 370 g/mol. The highest BCUT2D eigenvalue weighted by Crippen LogP contribution is 2.44. The average Bonchev–Trinajstić information content (AvgIpc) is 3.15. The van der Waals surface area contributed by atoms with E-state index in [4.69, 9.17) is 0 Å². The number of aromatic nitrogens is 1. The molecule has 1 atom stereocenters. The van der Waals surface area contributed by atoms with Crippen LogP contribution in [0.2, 0.25) is 0 Å². The first-order valence-corrected chi connectivity index (χ1v) is 10.3. The number of nitrogens with zero attached hydrogens (tertiary/aromatic N) is 3. The first-order chi connectivity index (χ1) is 12.5. The summed E-state index contributed by atoms with van der Waals surface area (Å²) < 4.78 is 0. The lowest BCUT2D eigenvalue weighted by Crippen LogP contribution is -2.51. The van der Waals surface area contributed by atoms with E-state index in [1.54, 1.807) is 0 Å². The molecule has 138 valence electrons. The van der Waals surface area contributed by atoms with Crippen LogP contribution >= 0.6 is 11.3 Å². The molecule has 1 aromatic heterocycles. The Morgan fingerprint density at radius 1 is 1.19 bits per heavy atom. The third-order valence-electron chi connectivity index (χ3n) is 6.28. The lowest BCUT2D eigenvalue weighted by Gasteiger charge is -2.43. The molecule has 1 spiro atoms. The molecule has 2 aliphatic heterocycles. The monoisotopic (exact) mass is 369 g/mol. The first kappa shape index (κ1) is 17.7. The summed E-state index contributed by atoms with van der Waals surface area (Å²) in [5.74, 6) is 0.776. The molecule has 0 saturated carbocycles. The molecular weight excluding hydrogens is 342 g/mol. The van der Waals surface area contributed by atoms with E-state index in [-0.39, 0.29) is 11.4 Å². The van der Waals surface area contributed by atoms with Crippen molar-refractivity contribution in [3.8, 4) is 0 Å². The molecule has 26 heavy (non-hydrogen) atoms. The number of piperidine rings is 1. The van der Waals surface area contributed by atoms with Crippen molar-refractivity contribution in [2.75, 3.05) is 26.7 Å². The van der Waals surface area contributed by atoms with E-state index in [9.17, 15) is 4.79 Å². The van der Waals surface area contributed by atoms with Gasteiger partial charge in [-0.25, -0.2) is 4.98 Å². The van der Waals surface area contributed by atoms with Crippen LogP contribution in [-0.4, -0.2) is 52.9 Å². The molecule has 5 heteroatoms. The maximum Gasteiger partial charge on any atom is 0.265 e. The number of aryl methyl sites for hydroxylation is 2. The highest BCUT2D eigenvalue weighted by atomic mass is 32.1. The van der Waals surface area contributed by atoms with Gasteiger partial charge in [-0.3, -0.25) is 9.69 Å². The number of likely N-dealkylation sites (tertiary alicyclic amines) is 2. The number of carbonyl (C=O) groups is 1. The molecule has 0 unspecified atom stereocenters. The third-order valence-corrected chi connectivity index (χ3v) is 7.34. The lowest BCUT2D eigenvalue weighted by molar-refractivity contribution is 0.0495. The fraction of sp³-hybridized carbons (Fsp3) is 0.524. The van der Waals surface area contributed by atoms with Crippen LogP contribution in [0.5, 0.6) is 0 Å². The summed E-state index contributed by atoms with van der Waals surface area (Å²) >= 11 is 1.53. The predicted octanol–water partition coefficient (Wildman–Crippen LogP) is 3.85. The van der Waals surface area contributed by atoms with Gasteiger partial charge in [-0.05, 0) is 51.6 Å². The Morgan fingerprint density at radius 2 is 1.88 bits per heavy atom. The van der Waals surface area contributed by atoms with Gasteiger partial charge in [0.2, 0.25) is 0 Å². The maximum atomic E-state index is 12.9. The fourth-order valence-electron chi connectivity index (χ4n) is 4.74. The summed E-state index contributed by atoms with van der Waals surface area (Å²) in [5, 5.41) is 0.973. The van der Waals surface area contributed by atoms with Gasteiger partial charge in [0.15, 0.2) is 0 Å². The number of benzene rings is 1. The number of hydrogen-bond donors (Lipinski definition) is 0. The Kier molecular flexibility index (Phi) is 4.61. The van der Waals surface area contributed by atoms with Crippen molar-refractivity contribution in [3.05, 3.63) is 51.5 Å². The normalized spacial score (nSPS) is 22.9. The zero-order valence-corrected chi connectivity index (χ0v) is 16.7. The largest absolute Gasteiger partial charge is 0.338 e. The SMILES string of the molecule is Cc1nc(C)c(C(=O)N2CCC3(CC2)C[C@H](c2ccccc2)CN3C)s1. The van der Waals surface area contributed by atoms with Gasteiger partial charge in [-0.1, -0.05) is 30.3 Å². The van der Waals surface area contributed by atoms with E-state index in [1.807, 2.05) is 18.7 Å². The lowest BCUT2D eigenvalue weighted by atomic mass is 9.81. The smallest absolute Gasteiger partial charge is 0.265 e. The van der Waals surface area contributed by atoms with Crippen LogP contribution in [0.15, 0.2) is 30.3 Å². The maximum absolute atomic E-state index is 12.9. The quantitative estimate of drug-likeness (QED) is 0.807. The van der Waals surface area contributed by atoms with Crippen molar-refractivity contribution >= 4 is 17.2 Å². The summed E-state index contributed by atoms with van der Waals surface area (Å²) in [6, 6.07) is 10.9. The van der Waals surface area contributed by atoms with Gasteiger partial charge in [0.05, 0.1) is 10.7 Å². The minimum atomic E-state index is 0.170. The van der Waals surface area contributed by atoms with Gasteiger partial charge in [0.1, 0.15) is 4.88 Å². The highest BCUT2D eigenvalue weighted by molar-refractivity contribution is 7.13. The van der Waals surface area contributed by atoms with Crippen LogP contribution in [-0.2, 0) is 0 Å². The molecule has 0 aliphatic carbocycles. The van der Waals surface area contributed by atoms with Gasteiger partial charge in [0, 0.05) is 25.2 Å². The summed E-state index contributed by atoms with van der Waals surface area (Å²) in [5.41, 5.74) is 2.57. The van der Waals surface area contributed by atoms with E-state index in [0.717, 1.165) is 48.1 Å². The molecular formula is C21H27N3OS. The minimum absolute atomic E-state index is 0.170. The molecule has 0 N–H and O–H groups in total. The van der Waals surface area contributed by atoms with Gasteiger partial charge >= 0.3 is 0 Å². The summed E-state index contributed by atoms with van der Waals surface area (Å²) in [6.07, 6.45) is 3.33. The van der Waals surface area contributed by atoms with Crippen LogP contribution in [0.1, 0.15) is 51.1 Å². The number of amides is 1. The molecule has 2 saturated heterocycles. The highest BCUT2D eigenvalue weighted by Gasteiger charge is 2.46. The number of carbonyl (C=O) groups excluding carboxylic acids is 1. The second kappa shape index (κ2) is 6.78. The second-order valence-electron chi connectivity index (χ2n) is 7.86. The first-order valence-electron chi connectivity index (χ1n) is 9.48. The molecule has 2 fully saturated rings. The zero-order valence-electron chi connectivity index (χ0n) is 15.9. The molecule has 1 amide bonds. The summed E-state index contributed by atoms with van der Waals surface area (Å²) in [7, 11) is 2.26. The van der Waals surface area contributed by atoms with E-state index >= 15 is 0 Å². The molecule has 4 rings (SSSR count). The molecule has 4 nitrogen and oxygen atoms in total. The number of rotatable bonds is 2. The Hall–Kier alpha value is -1.72. The van der Waals surface area contributed by atoms with Gasteiger partial charge in [-0.15, -0.1) is 11.3 Å². The van der Waals surface area contributed by atoms with Crippen molar-refractivity contribution in [3.63, 3.8) is 0 Å². The van der Waals surface area contributed by atoms with Gasteiger partial charge in [-0.2, -0.15) is 0 Å². The molecule has 0 bridgehead atoms. The van der Waals surface area contributed by atoms with E-state index < -0.39 is 0 Å². The molecule has 1 aromatic carbocycles.